The number of rotatable bonds is 5. The van der Waals surface area contributed by atoms with Gasteiger partial charge in [-0.05, 0) is 32.0 Å². The molecule has 0 aromatic carbocycles. The highest BCUT2D eigenvalue weighted by Crippen LogP contribution is 2.17. The normalized spacial score (nSPS) is 12.6. The van der Waals surface area contributed by atoms with Gasteiger partial charge in [0.15, 0.2) is 0 Å². The Morgan fingerprint density at radius 2 is 2.33 bits per heavy atom. The van der Waals surface area contributed by atoms with Crippen molar-refractivity contribution in [1.29, 1.82) is 0 Å². The lowest BCUT2D eigenvalue weighted by atomic mass is 10.2. The van der Waals surface area contributed by atoms with E-state index in [1.807, 2.05) is 19.1 Å². The molecule has 2 aromatic rings. The van der Waals surface area contributed by atoms with E-state index in [0.717, 1.165) is 5.76 Å². The Labute approximate surface area is 104 Å². The predicted octanol–water partition coefficient (Wildman–Crippen LogP) is 2.73. The first-order chi connectivity index (χ1) is 8.58. The van der Waals surface area contributed by atoms with Gasteiger partial charge in [0.25, 0.3) is 0 Å². The van der Waals surface area contributed by atoms with Crippen LogP contribution in [0.2, 0.25) is 0 Å². The zero-order valence-corrected chi connectivity index (χ0v) is 10.3. The molecule has 2 rings (SSSR count). The Kier molecular flexibility index (Phi) is 3.53. The van der Waals surface area contributed by atoms with Crippen LogP contribution in [-0.2, 0) is 6.54 Å². The van der Waals surface area contributed by atoms with Crippen molar-refractivity contribution >= 4 is 5.97 Å². The van der Waals surface area contributed by atoms with Crippen molar-refractivity contribution in [3.8, 4) is 0 Å². The second-order valence-corrected chi connectivity index (χ2v) is 4.11. The standard InChI is InChI=1S/C13H15NO4/c1-8(12-4-3-5-17-12)14-7-10-6-11(13(15)16)9(2)18-10/h3-6,8,14H,7H2,1-2H3,(H,15,16)/t8-/m0/s1. The number of carboxylic acid groups (broad SMARTS) is 1. The van der Waals surface area contributed by atoms with Crippen molar-refractivity contribution in [2.75, 3.05) is 0 Å². The van der Waals surface area contributed by atoms with Crippen molar-refractivity contribution in [2.45, 2.75) is 26.4 Å². The molecule has 5 heteroatoms. The molecule has 0 spiro atoms. The fourth-order valence-corrected chi connectivity index (χ4v) is 1.74. The quantitative estimate of drug-likeness (QED) is 0.852. The molecule has 0 aliphatic heterocycles. The summed E-state index contributed by atoms with van der Waals surface area (Å²) in [6.07, 6.45) is 1.62. The smallest absolute Gasteiger partial charge is 0.339 e. The summed E-state index contributed by atoms with van der Waals surface area (Å²) in [4.78, 5) is 10.9. The third-order valence-corrected chi connectivity index (χ3v) is 2.75. The van der Waals surface area contributed by atoms with E-state index in [-0.39, 0.29) is 11.6 Å². The van der Waals surface area contributed by atoms with Crippen LogP contribution in [0, 0.1) is 6.92 Å². The van der Waals surface area contributed by atoms with Gasteiger partial charge in [0.2, 0.25) is 0 Å². The van der Waals surface area contributed by atoms with E-state index in [9.17, 15) is 4.79 Å². The van der Waals surface area contributed by atoms with Gasteiger partial charge in [-0.2, -0.15) is 0 Å². The molecule has 0 bridgehead atoms. The Balaban J connectivity index is 1.98. The number of aromatic carboxylic acids is 1. The molecule has 0 radical (unpaired) electrons. The third-order valence-electron chi connectivity index (χ3n) is 2.75. The second-order valence-electron chi connectivity index (χ2n) is 4.11. The molecule has 2 heterocycles. The average Bonchev–Trinajstić information content (AvgIpc) is 2.94. The summed E-state index contributed by atoms with van der Waals surface area (Å²) in [5.74, 6) is 0.881. The van der Waals surface area contributed by atoms with Gasteiger partial charge in [-0.25, -0.2) is 4.79 Å². The lowest BCUT2D eigenvalue weighted by Gasteiger charge is -2.09. The van der Waals surface area contributed by atoms with Crippen LogP contribution in [0.15, 0.2) is 33.3 Å². The van der Waals surface area contributed by atoms with Crippen LogP contribution in [0.4, 0.5) is 0 Å². The molecule has 0 saturated heterocycles. The van der Waals surface area contributed by atoms with Crippen molar-refractivity contribution < 1.29 is 18.7 Å². The molecule has 0 unspecified atom stereocenters. The maximum Gasteiger partial charge on any atom is 0.339 e. The summed E-state index contributed by atoms with van der Waals surface area (Å²) in [7, 11) is 0. The molecular formula is C13H15NO4. The fraction of sp³-hybridized carbons (Fsp3) is 0.308. The van der Waals surface area contributed by atoms with E-state index in [0.29, 0.717) is 18.1 Å². The summed E-state index contributed by atoms with van der Waals surface area (Å²) in [6.45, 7) is 4.06. The highest BCUT2D eigenvalue weighted by atomic mass is 16.4. The molecule has 2 aromatic heterocycles. The van der Waals surface area contributed by atoms with Gasteiger partial charge in [0, 0.05) is 0 Å². The van der Waals surface area contributed by atoms with Crippen molar-refractivity contribution in [2.24, 2.45) is 0 Å². The van der Waals surface area contributed by atoms with Gasteiger partial charge in [0.1, 0.15) is 22.8 Å². The molecule has 0 fully saturated rings. The lowest BCUT2D eigenvalue weighted by molar-refractivity contribution is 0.0695. The number of hydrogen-bond donors (Lipinski definition) is 2. The molecule has 0 aliphatic carbocycles. The predicted molar refractivity (Wildman–Crippen MR) is 64.4 cm³/mol. The Bertz CT molecular complexity index is 527. The van der Waals surface area contributed by atoms with E-state index in [2.05, 4.69) is 5.32 Å². The highest BCUT2D eigenvalue weighted by molar-refractivity contribution is 5.88. The summed E-state index contributed by atoms with van der Waals surface area (Å²) in [5.41, 5.74) is 0.206. The second kappa shape index (κ2) is 5.10. The van der Waals surface area contributed by atoms with E-state index >= 15 is 0 Å². The van der Waals surface area contributed by atoms with Crippen LogP contribution in [-0.4, -0.2) is 11.1 Å². The topological polar surface area (TPSA) is 75.6 Å². The summed E-state index contributed by atoms with van der Waals surface area (Å²) in [5, 5.41) is 12.1. The van der Waals surface area contributed by atoms with Crippen LogP contribution in [0.1, 0.15) is 40.6 Å². The van der Waals surface area contributed by atoms with Gasteiger partial charge in [-0.15, -0.1) is 0 Å². The minimum absolute atomic E-state index is 0.0404. The molecule has 5 nitrogen and oxygen atoms in total. The molecule has 18 heavy (non-hydrogen) atoms. The number of carbonyl (C=O) groups is 1. The summed E-state index contributed by atoms with van der Waals surface area (Å²) < 4.78 is 10.6. The van der Waals surface area contributed by atoms with E-state index in [4.69, 9.17) is 13.9 Å². The summed E-state index contributed by atoms with van der Waals surface area (Å²) >= 11 is 0. The van der Waals surface area contributed by atoms with Crippen molar-refractivity contribution in [3.63, 3.8) is 0 Å². The molecule has 0 aliphatic rings. The van der Waals surface area contributed by atoms with Crippen LogP contribution in [0.25, 0.3) is 0 Å². The van der Waals surface area contributed by atoms with Crippen molar-refractivity contribution in [1.82, 2.24) is 5.32 Å². The SMILES string of the molecule is Cc1oc(CN[C@@H](C)c2ccco2)cc1C(=O)O. The summed E-state index contributed by atoms with van der Waals surface area (Å²) in [6, 6.07) is 5.29. The molecule has 96 valence electrons. The number of hydrogen-bond acceptors (Lipinski definition) is 4. The first kappa shape index (κ1) is 12.4. The monoisotopic (exact) mass is 249 g/mol. The van der Waals surface area contributed by atoms with Crippen LogP contribution in [0.3, 0.4) is 0 Å². The number of aryl methyl sites for hydroxylation is 1. The maximum absolute atomic E-state index is 10.9. The zero-order valence-electron chi connectivity index (χ0n) is 10.3. The first-order valence-corrected chi connectivity index (χ1v) is 5.67. The fourth-order valence-electron chi connectivity index (χ4n) is 1.74. The van der Waals surface area contributed by atoms with Crippen LogP contribution < -0.4 is 5.32 Å². The number of nitrogens with one attached hydrogen (secondary N) is 1. The zero-order chi connectivity index (χ0) is 13.1. The van der Waals surface area contributed by atoms with Gasteiger partial charge >= 0.3 is 5.97 Å². The maximum atomic E-state index is 10.9. The van der Waals surface area contributed by atoms with E-state index in [1.165, 1.54) is 0 Å². The molecule has 0 amide bonds. The van der Waals surface area contributed by atoms with Gasteiger partial charge in [-0.3, -0.25) is 0 Å². The Morgan fingerprint density at radius 1 is 1.56 bits per heavy atom. The van der Waals surface area contributed by atoms with E-state index < -0.39 is 5.97 Å². The number of furan rings is 2. The van der Waals surface area contributed by atoms with Crippen molar-refractivity contribution in [3.05, 3.63) is 47.3 Å². The molecular weight excluding hydrogens is 234 g/mol. The van der Waals surface area contributed by atoms with Gasteiger partial charge < -0.3 is 19.3 Å². The molecule has 1 atom stereocenters. The minimum atomic E-state index is -0.971. The Hall–Kier alpha value is -2.01. The molecule has 0 saturated carbocycles. The largest absolute Gasteiger partial charge is 0.478 e. The lowest BCUT2D eigenvalue weighted by Crippen LogP contribution is -2.17. The average molecular weight is 249 g/mol. The molecule has 2 N–H and O–H groups in total. The van der Waals surface area contributed by atoms with Crippen LogP contribution >= 0.6 is 0 Å². The van der Waals surface area contributed by atoms with E-state index in [1.54, 1.807) is 19.3 Å². The third kappa shape index (κ3) is 2.62. The number of carboxylic acids is 1. The van der Waals surface area contributed by atoms with Gasteiger partial charge in [0.05, 0.1) is 18.8 Å². The Morgan fingerprint density at radius 3 is 2.89 bits per heavy atom. The van der Waals surface area contributed by atoms with Crippen LogP contribution in [0.5, 0.6) is 0 Å². The van der Waals surface area contributed by atoms with Gasteiger partial charge in [-0.1, -0.05) is 0 Å². The minimum Gasteiger partial charge on any atom is -0.478 e. The highest BCUT2D eigenvalue weighted by Gasteiger charge is 2.14. The first-order valence-electron chi connectivity index (χ1n) is 5.67.